The number of hydrogen-bond acceptors (Lipinski definition) is 6. The van der Waals surface area contributed by atoms with Gasteiger partial charge < -0.3 is 4.18 Å². The molecule has 0 aromatic heterocycles. The molecule has 0 spiro atoms. The summed E-state index contributed by atoms with van der Waals surface area (Å²) in [5, 5.41) is 2.28. The number of urea groups is 1. The molecule has 0 aliphatic carbocycles. The van der Waals surface area contributed by atoms with Crippen molar-refractivity contribution in [2.45, 2.75) is 11.8 Å². The second kappa shape index (κ2) is 9.94. The quantitative estimate of drug-likeness (QED) is 0.252. The zero-order valence-corrected chi connectivity index (χ0v) is 21.4. The molecule has 1 N–H and O–H groups in total. The lowest BCUT2D eigenvalue weighted by Gasteiger charge is -2.26. The van der Waals surface area contributed by atoms with Crippen LogP contribution in [0, 0.1) is 6.92 Å². The van der Waals surface area contributed by atoms with Gasteiger partial charge in [-0.15, -0.1) is 0 Å². The Balaban J connectivity index is 1.80. The number of carbonyl (C=O) groups is 3. The van der Waals surface area contributed by atoms with Crippen LogP contribution < -0.4 is 14.4 Å². The molecule has 184 valence electrons. The molecule has 12 heteroatoms. The standard InChI is InChI=1S/C24H15Cl3N2O6S/c1-13-7-8-16(12-19(13)26)29-23(31)18(22(30)28-24(29)32)10-14-9-15(25)11-20(27)21(14)35-36(33,34)17-5-3-2-4-6-17/h2-12H,1H3,(H,28,30,32)/b18-10+. The van der Waals surface area contributed by atoms with E-state index in [1.165, 1.54) is 48.5 Å². The van der Waals surface area contributed by atoms with Crippen molar-refractivity contribution in [3.05, 3.63) is 92.4 Å². The minimum atomic E-state index is -4.33. The van der Waals surface area contributed by atoms with E-state index in [4.69, 9.17) is 39.0 Å². The molecule has 8 nitrogen and oxygen atoms in total. The first-order valence-corrected chi connectivity index (χ1v) is 12.7. The zero-order valence-electron chi connectivity index (χ0n) is 18.3. The molecule has 0 saturated carbocycles. The summed E-state index contributed by atoms with van der Waals surface area (Å²) in [6.07, 6.45) is 1.04. The zero-order chi connectivity index (χ0) is 26.2. The molecule has 36 heavy (non-hydrogen) atoms. The van der Waals surface area contributed by atoms with Gasteiger partial charge >= 0.3 is 16.1 Å². The number of imide groups is 2. The summed E-state index contributed by atoms with van der Waals surface area (Å²) in [5.41, 5.74) is 0.263. The Labute approximate surface area is 221 Å². The third-order valence-corrected chi connectivity index (χ3v) is 7.22. The lowest BCUT2D eigenvalue weighted by Crippen LogP contribution is -2.54. The second-order valence-corrected chi connectivity index (χ2v) is 10.3. The summed E-state index contributed by atoms with van der Waals surface area (Å²) in [6, 6.07) is 13.3. The smallest absolute Gasteiger partial charge is 0.339 e. The topological polar surface area (TPSA) is 110 Å². The molecule has 4 amide bonds. The molecule has 4 rings (SSSR count). The maximum absolute atomic E-state index is 13.2. The van der Waals surface area contributed by atoms with Gasteiger partial charge in [-0.2, -0.15) is 8.42 Å². The Morgan fingerprint density at radius 2 is 1.61 bits per heavy atom. The normalized spacial score (nSPS) is 15.3. The SMILES string of the molecule is Cc1ccc(N2C(=O)NC(=O)/C(=C\c3cc(Cl)cc(Cl)c3OS(=O)(=O)c3ccccc3)C2=O)cc1Cl. The average molecular weight is 566 g/mol. The molecular weight excluding hydrogens is 551 g/mol. The van der Waals surface area contributed by atoms with E-state index in [9.17, 15) is 22.8 Å². The van der Waals surface area contributed by atoms with E-state index in [2.05, 4.69) is 5.32 Å². The number of anilines is 1. The highest BCUT2D eigenvalue weighted by atomic mass is 35.5. The number of aryl methyl sites for hydroxylation is 1. The molecule has 1 saturated heterocycles. The molecular formula is C24H15Cl3N2O6S. The molecule has 0 unspecified atom stereocenters. The Bertz CT molecular complexity index is 1560. The van der Waals surface area contributed by atoms with Crippen molar-refractivity contribution in [1.82, 2.24) is 5.32 Å². The number of halogens is 3. The van der Waals surface area contributed by atoms with Gasteiger partial charge in [0.05, 0.1) is 10.7 Å². The summed E-state index contributed by atoms with van der Waals surface area (Å²) in [6.45, 7) is 1.74. The number of rotatable bonds is 5. The van der Waals surface area contributed by atoms with Crippen molar-refractivity contribution in [2.24, 2.45) is 0 Å². The summed E-state index contributed by atoms with van der Waals surface area (Å²) < 4.78 is 30.9. The van der Waals surface area contributed by atoms with Gasteiger partial charge in [0.25, 0.3) is 11.8 Å². The lowest BCUT2D eigenvalue weighted by molar-refractivity contribution is -0.122. The summed E-state index contributed by atoms with van der Waals surface area (Å²) in [5.74, 6) is -2.34. The minimum absolute atomic E-state index is 0.0817. The van der Waals surface area contributed by atoms with Gasteiger partial charge in [0.15, 0.2) is 5.75 Å². The highest BCUT2D eigenvalue weighted by Crippen LogP contribution is 2.36. The molecule has 3 aromatic carbocycles. The average Bonchev–Trinajstić information content (AvgIpc) is 2.81. The Kier molecular flexibility index (Phi) is 7.10. The predicted octanol–water partition coefficient (Wildman–Crippen LogP) is 5.39. The molecule has 0 bridgehead atoms. The maximum atomic E-state index is 13.2. The highest BCUT2D eigenvalue weighted by molar-refractivity contribution is 7.87. The van der Waals surface area contributed by atoms with Crippen LogP contribution in [0.25, 0.3) is 6.08 Å². The largest absolute Gasteiger partial charge is 0.377 e. The van der Waals surface area contributed by atoms with Crippen LogP contribution in [0.3, 0.4) is 0 Å². The van der Waals surface area contributed by atoms with Crippen LogP contribution in [0.2, 0.25) is 15.1 Å². The van der Waals surface area contributed by atoms with Crippen LogP contribution in [0.5, 0.6) is 5.75 Å². The summed E-state index contributed by atoms with van der Waals surface area (Å²) in [7, 11) is -4.33. The van der Waals surface area contributed by atoms with Crippen molar-refractivity contribution < 1.29 is 27.0 Å². The third kappa shape index (κ3) is 5.10. The second-order valence-electron chi connectivity index (χ2n) is 7.55. The van der Waals surface area contributed by atoms with Crippen LogP contribution in [0.1, 0.15) is 11.1 Å². The first-order valence-electron chi connectivity index (χ1n) is 10.1. The van der Waals surface area contributed by atoms with Gasteiger partial charge in [-0.3, -0.25) is 14.9 Å². The number of barbiturate groups is 1. The van der Waals surface area contributed by atoms with Crippen molar-refractivity contribution in [2.75, 3.05) is 4.90 Å². The van der Waals surface area contributed by atoms with Crippen LogP contribution >= 0.6 is 34.8 Å². The van der Waals surface area contributed by atoms with Crippen LogP contribution in [0.4, 0.5) is 10.5 Å². The molecule has 1 heterocycles. The summed E-state index contributed by atoms with van der Waals surface area (Å²) >= 11 is 18.5. The molecule has 1 aliphatic heterocycles. The molecule has 3 aromatic rings. The first-order chi connectivity index (χ1) is 17.0. The van der Waals surface area contributed by atoms with Crippen LogP contribution in [-0.4, -0.2) is 26.3 Å². The summed E-state index contributed by atoms with van der Waals surface area (Å²) in [4.78, 5) is 38.9. The van der Waals surface area contributed by atoms with E-state index in [1.807, 2.05) is 0 Å². The van der Waals surface area contributed by atoms with Gasteiger partial charge in [0.1, 0.15) is 10.5 Å². The number of hydrogen-bond donors (Lipinski definition) is 1. The van der Waals surface area contributed by atoms with Gasteiger partial charge in [0, 0.05) is 15.6 Å². The Hall–Kier alpha value is -3.37. The van der Waals surface area contributed by atoms with E-state index in [0.29, 0.717) is 10.6 Å². The van der Waals surface area contributed by atoms with Gasteiger partial charge in [-0.25, -0.2) is 9.69 Å². The molecule has 1 fully saturated rings. The van der Waals surface area contributed by atoms with E-state index in [0.717, 1.165) is 11.0 Å². The number of amides is 4. The fourth-order valence-electron chi connectivity index (χ4n) is 3.29. The van der Waals surface area contributed by atoms with Crippen molar-refractivity contribution in [3.63, 3.8) is 0 Å². The van der Waals surface area contributed by atoms with Gasteiger partial charge in [-0.05, 0) is 55.0 Å². The first kappa shape index (κ1) is 25.7. The molecule has 0 atom stereocenters. The van der Waals surface area contributed by atoms with Crippen LogP contribution in [-0.2, 0) is 19.7 Å². The van der Waals surface area contributed by atoms with Gasteiger partial charge in [-0.1, -0.05) is 59.1 Å². The van der Waals surface area contributed by atoms with Crippen molar-refractivity contribution in [1.29, 1.82) is 0 Å². The van der Waals surface area contributed by atoms with Crippen LogP contribution in [0.15, 0.2) is 71.1 Å². The molecule has 0 radical (unpaired) electrons. The van der Waals surface area contributed by atoms with Crippen molar-refractivity contribution in [3.8, 4) is 5.75 Å². The lowest BCUT2D eigenvalue weighted by atomic mass is 10.1. The third-order valence-electron chi connectivity index (χ3n) is 5.08. The van der Waals surface area contributed by atoms with E-state index in [1.54, 1.807) is 19.1 Å². The van der Waals surface area contributed by atoms with E-state index in [-0.39, 0.29) is 31.9 Å². The number of nitrogens with zero attached hydrogens (tertiary/aromatic N) is 1. The van der Waals surface area contributed by atoms with Gasteiger partial charge in [0.2, 0.25) is 0 Å². The number of nitrogens with one attached hydrogen (secondary N) is 1. The number of benzene rings is 3. The minimum Gasteiger partial charge on any atom is -0.377 e. The maximum Gasteiger partial charge on any atom is 0.339 e. The fourth-order valence-corrected chi connectivity index (χ4v) is 5.05. The van der Waals surface area contributed by atoms with E-state index < -0.39 is 33.5 Å². The predicted molar refractivity (Wildman–Crippen MR) is 136 cm³/mol. The van der Waals surface area contributed by atoms with E-state index >= 15 is 0 Å². The number of carbonyl (C=O) groups excluding carboxylic acids is 3. The fraction of sp³-hybridized carbons (Fsp3) is 0.0417. The van der Waals surface area contributed by atoms with Crippen molar-refractivity contribution >= 4 is 74.5 Å². The monoisotopic (exact) mass is 564 g/mol. The Morgan fingerprint density at radius 1 is 0.917 bits per heavy atom. The highest BCUT2D eigenvalue weighted by Gasteiger charge is 2.37. The Morgan fingerprint density at radius 3 is 2.28 bits per heavy atom. The molecule has 1 aliphatic rings.